The summed E-state index contributed by atoms with van der Waals surface area (Å²) < 4.78 is 0. The molecule has 0 spiro atoms. The third-order valence-corrected chi connectivity index (χ3v) is 4.19. The lowest BCUT2D eigenvalue weighted by molar-refractivity contribution is 0.198. The van der Waals surface area contributed by atoms with Crippen LogP contribution in [-0.4, -0.2) is 30.6 Å². The van der Waals surface area contributed by atoms with Crippen LogP contribution in [0.4, 0.5) is 0 Å². The van der Waals surface area contributed by atoms with Crippen molar-refractivity contribution in [3.8, 4) is 0 Å². The Kier molecular flexibility index (Phi) is 5.41. The number of nitrogens with one attached hydrogen (secondary N) is 1. The standard InChI is InChI=1S/C17H28N2/c1-4-19-11-5-6-17(13-19)18-12-15-7-9-16(10-8-15)14(2)3/h7-10,14,17-18H,4-6,11-13H2,1-3H3. The summed E-state index contributed by atoms with van der Waals surface area (Å²) in [4.78, 5) is 2.54. The fourth-order valence-electron chi connectivity index (χ4n) is 2.79. The van der Waals surface area contributed by atoms with Gasteiger partial charge in [0.1, 0.15) is 0 Å². The van der Waals surface area contributed by atoms with Crippen molar-refractivity contribution in [2.24, 2.45) is 0 Å². The highest BCUT2D eigenvalue weighted by molar-refractivity contribution is 5.24. The molecule has 0 amide bonds. The molecule has 106 valence electrons. The van der Waals surface area contributed by atoms with E-state index in [9.17, 15) is 0 Å². The first-order chi connectivity index (χ1) is 9.19. The third kappa shape index (κ3) is 4.32. The number of likely N-dealkylation sites (tertiary alicyclic amines) is 1. The van der Waals surface area contributed by atoms with Crippen LogP contribution in [0.2, 0.25) is 0 Å². The number of hydrogen-bond acceptors (Lipinski definition) is 2. The van der Waals surface area contributed by atoms with Crippen LogP contribution in [0.1, 0.15) is 50.7 Å². The van der Waals surface area contributed by atoms with E-state index in [1.165, 1.54) is 43.6 Å². The monoisotopic (exact) mass is 260 g/mol. The van der Waals surface area contributed by atoms with E-state index in [0.717, 1.165) is 6.54 Å². The summed E-state index contributed by atoms with van der Waals surface area (Å²) in [6, 6.07) is 9.73. The molecular weight excluding hydrogens is 232 g/mol. The second-order valence-corrected chi connectivity index (χ2v) is 6.01. The van der Waals surface area contributed by atoms with Crippen LogP contribution in [0.3, 0.4) is 0 Å². The van der Waals surface area contributed by atoms with Crippen LogP contribution in [0.5, 0.6) is 0 Å². The van der Waals surface area contributed by atoms with Crippen molar-refractivity contribution in [1.82, 2.24) is 10.2 Å². The molecule has 1 aliphatic rings. The SMILES string of the molecule is CCN1CCCC(NCc2ccc(C(C)C)cc2)C1. The Morgan fingerprint density at radius 1 is 1.26 bits per heavy atom. The zero-order chi connectivity index (χ0) is 13.7. The summed E-state index contributed by atoms with van der Waals surface area (Å²) in [5, 5.41) is 3.71. The van der Waals surface area contributed by atoms with Crippen LogP contribution in [-0.2, 0) is 6.54 Å². The molecule has 1 aromatic rings. The van der Waals surface area contributed by atoms with E-state index in [0.29, 0.717) is 12.0 Å². The van der Waals surface area contributed by atoms with E-state index in [1.807, 2.05) is 0 Å². The van der Waals surface area contributed by atoms with Gasteiger partial charge in [-0.1, -0.05) is 45.0 Å². The van der Waals surface area contributed by atoms with Crippen molar-refractivity contribution in [2.45, 2.75) is 52.1 Å². The predicted octanol–water partition coefficient (Wildman–Crippen LogP) is 3.38. The summed E-state index contributed by atoms with van der Waals surface area (Å²) in [6.45, 7) is 11.4. The van der Waals surface area contributed by atoms with E-state index in [-0.39, 0.29) is 0 Å². The van der Waals surface area contributed by atoms with Crippen LogP contribution in [0.25, 0.3) is 0 Å². The van der Waals surface area contributed by atoms with Gasteiger partial charge in [-0.25, -0.2) is 0 Å². The molecule has 0 saturated carbocycles. The van der Waals surface area contributed by atoms with E-state index in [4.69, 9.17) is 0 Å². The molecule has 1 N–H and O–H groups in total. The van der Waals surface area contributed by atoms with Crippen molar-refractivity contribution in [3.05, 3.63) is 35.4 Å². The smallest absolute Gasteiger partial charge is 0.0208 e. The third-order valence-electron chi connectivity index (χ3n) is 4.19. The number of hydrogen-bond donors (Lipinski definition) is 1. The average molecular weight is 260 g/mol. The second kappa shape index (κ2) is 7.06. The highest BCUT2D eigenvalue weighted by Crippen LogP contribution is 2.15. The zero-order valence-electron chi connectivity index (χ0n) is 12.7. The van der Waals surface area contributed by atoms with E-state index in [2.05, 4.69) is 55.3 Å². The summed E-state index contributed by atoms with van der Waals surface area (Å²) in [7, 11) is 0. The molecule has 1 unspecified atom stereocenters. The lowest BCUT2D eigenvalue weighted by atomic mass is 10.0. The lowest BCUT2D eigenvalue weighted by Gasteiger charge is -2.32. The number of benzene rings is 1. The van der Waals surface area contributed by atoms with Crippen molar-refractivity contribution in [1.29, 1.82) is 0 Å². The molecule has 2 rings (SSSR count). The van der Waals surface area contributed by atoms with Gasteiger partial charge in [-0.3, -0.25) is 0 Å². The van der Waals surface area contributed by atoms with Crippen molar-refractivity contribution < 1.29 is 0 Å². The Hall–Kier alpha value is -0.860. The summed E-state index contributed by atoms with van der Waals surface area (Å²) in [6.07, 6.45) is 2.65. The minimum Gasteiger partial charge on any atom is -0.309 e. The van der Waals surface area contributed by atoms with E-state index >= 15 is 0 Å². The van der Waals surface area contributed by atoms with Gasteiger partial charge in [0.15, 0.2) is 0 Å². The van der Waals surface area contributed by atoms with Gasteiger partial charge in [0.05, 0.1) is 0 Å². The van der Waals surface area contributed by atoms with Crippen LogP contribution in [0.15, 0.2) is 24.3 Å². The van der Waals surface area contributed by atoms with Gasteiger partial charge in [0, 0.05) is 19.1 Å². The highest BCUT2D eigenvalue weighted by Gasteiger charge is 2.17. The van der Waals surface area contributed by atoms with Gasteiger partial charge < -0.3 is 10.2 Å². The molecule has 1 aromatic carbocycles. The molecule has 1 atom stereocenters. The Morgan fingerprint density at radius 2 is 2.00 bits per heavy atom. The van der Waals surface area contributed by atoms with E-state index in [1.54, 1.807) is 0 Å². The summed E-state index contributed by atoms with van der Waals surface area (Å²) in [5.74, 6) is 0.624. The lowest BCUT2D eigenvalue weighted by Crippen LogP contribution is -2.45. The Labute approximate surface area is 118 Å². The average Bonchev–Trinajstić information content (AvgIpc) is 2.46. The second-order valence-electron chi connectivity index (χ2n) is 6.01. The molecule has 1 heterocycles. The molecular formula is C17H28N2. The topological polar surface area (TPSA) is 15.3 Å². The minimum absolute atomic E-state index is 0.624. The molecule has 1 aliphatic heterocycles. The van der Waals surface area contributed by atoms with Gasteiger partial charge in [0.25, 0.3) is 0 Å². The maximum Gasteiger partial charge on any atom is 0.0208 e. The molecule has 2 heteroatoms. The first kappa shape index (κ1) is 14.5. The van der Waals surface area contributed by atoms with Gasteiger partial charge >= 0.3 is 0 Å². The van der Waals surface area contributed by atoms with Gasteiger partial charge in [0.2, 0.25) is 0 Å². The molecule has 19 heavy (non-hydrogen) atoms. The fraction of sp³-hybridized carbons (Fsp3) is 0.647. The van der Waals surface area contributed by atoms with Crippen LogP contribution < -0.4 is 5.32 Å². The molecule has 2 nitrogen and oxygen atoms in total. The van der Waals surface area contributed by atoms with Gasteiger partial charge in [-0.05, 0) is 43.0 Å². The number of nitrogens with zero attached hydrogens (tertiary/aromatic N) is 1. The van der Waals surface area contributed by atoms with Crippen molar-refractivity contribution in [3.63, 3.8) is 0 Å². The van der Waals surface area contributed by atoms with E-state index < -0.39 is 0 Å². The van der Waals surface area contributed by atoms with Gasteiger partial charge in [-0.2, -0.15) is 0 Å². The first-order valence-corrected chi connectivity index (χ1v) is 7.73. The maximum absolute atomic E-state index is 3.71. The molecule has 0 radical (unpaired) electrons. The molecule has 0 bridgehead atoms. The minimum atomic E-state index is 0.624. The zero-order valence-corrected chi connectivity index (χ0v) is 12.7. The highest BCUT2D eigenvalue weighted by atomic mass is 15.2. The Morgan fingerprint density at radius 3 is 2.63 bits per heavy atom. The quantitative estimate of drug-likeness (QED) is 0.873. The largest absolute Gasteiger partial charge is 0.309 e. The van der Waals surface area contributed by atoms with Crippen molar-refractivity contribution in [2.75, 3.05) is 19.6 Å². The van der Waals surface area contributed by atoms with Crippen LogP contribution >= 0.6 is 0 Å². The fourth-order valence-corrected chi connectivity index (χ4v) is 2.79. The Bertz CT molecular complexity index is 369. The molecule has 0 aliphatic carbocycles. The molecule has 1 fully saturated rings. The summed E-state index contributed by atoms with van der Waals surface area (Å²) in [5.41, 5.74) is 2.83. The first-order valence-electron chi connectivity index (χ1n) is 7.73. The molecule has 0 aromatic heterocycles. The number of likely N-dealkylation sites (N-methyl/N-ethyl adjacent to an activating group) is 1. The molecule has 1 saturated heterocycles. The number of rotatable bonds is 5. The predicted molar refractivity (Wildman–Crippen MR) is 82.5 cm³/mol. The van der Waals surface area contributed by atoms with Gasteiger partial charge in [-0.15, -0.1) is 0 Å². The maximum atomic E-state index is 3.71. The normalized spacial score (nSPS) is 20.9. The Balaban J connectivity index is 1.81. The van der Waals surface area contributed by atoms with Crippen LogP contribution in [0, 0.1) is 0 Å². The van der Waals surface area contributed by atoms with Crippen molar-refractivity contribution >= 4 is 0 Å². The number of piperidine rings is 1. The summed E-state index contributed by atoms with van der Waals surface area (Å²) >= 11 is 0.